The van der Waals surface area contributed by atoms with Crippen LogP contribution in [0.4, 0.5) is 0 Å². The number of nitrogens with zero attached hydrogens (tertiary/aromatic N) is 2. The fourth-order valence-corrected chi connectivity index (χ4v) is 3.44. The van der Waals surface area contributed by atoms with Crippen LogP contribution in [0, 0.1) is 0 Å². The summed E-state index contributed by atoms with van der Waals surface area (Å²) in [4.78, 5) is 31.2. The van der Waals surface area contributed by atoms with Crippen LogP contribution in [0.25, 0.3) is 5.76 Å². The molecular weight excluding hydrogens is 415 g/mol. The van der Waals surface area contributed by atoms with Gasteiger partial charge in [-0.3, -0.25) is 14.6 Å². The summed E-state index contributed by atoms with van der Waals surface area (Å²) < 4.78 is 5.54. The van der Waals surface area contributed by atoms with Gasteiger partial charge in [-0.15, -0.1) is 0 Å². The van der Waals surface area contributed by atoms with Crippen LogP contribution in [-0.2, 0) is 14.3 Å². The molecule has 8 heteroatoms. The van der Waals surface area contributed by atoms with E-state index >= 15 is 0 Å². The number of hydrogen-bond acceptors (Lipinski definition) is 5. The molecule has 1 atom stereocenters. The molecule has 1 amide bonds. The van der Waals surface area contributed by atoms with Gasteiger partial charge in [0, 0.05) is 18.3 Å². The van der Waals surface area contributed by atoms with Gasteiger partial charge >= 0.3 is 0 Å². The molecule has 0 aliphatic carbocycles. The Morgan fingerprint density at radius 3 is 2.59 bits per heavy atom. The summed E-state index contributed by atoms with van der Waals surface area (Å²) in [6.45, 7) is 4.20. The first-order valence-electron chi connectivity index (χ1n) is 9.07. The Labute approximate surface area is 178 Å². The van der Waals surface area contributed by atoms with Crippen LogP contribution in [0.15, 0.2) is 48.2 Å². The van der Waals surface area contributed by atoms with E-state index in [1.165, 1.54) is 23.1 Å². The van der Waals surface area contributed by atoms with E-state index in [9.17, 15) is 14.7 Å². The minimum absolute atomic E-state index is 0.0173. The summed E-state index contributed by atoms with van der Waals surface area (Å²) in [5.74, 6) is -1.83. The van der Waals surface area contributed by atoms with Gasteiger partial charge in [-0.1, -0.05) is 29.3 Å². The molecule has 2 heterocycles. The molecule has 152 valence electrons. The Kier molecular flexibility index (Phi) is 6.57. The molecule has 0 spiro atoms. The van der Waals surface area contributed by atoms with Crippen LogP contribution in [0.5, 0.6) is 0 Å². The monoisotopic (exact) mass is 434 g/mol. The van der Waals surface area contributed by atoms with E-state index in [4.69, 9.17) is 27.9 Å². The van der Waals surface area contributed by atoms with Crippen molar-refractivity contribution < 1.29 is 19.4 Å². The number of ketones is 1. The van der Waals surface area contributed by atoms with Gasteiger partial charge < -0.3 is 14.7 Å². The number of ether oxygens (including phenoxy) is 1. The molecule has 1 N–H and O–H groups in total. The number of rotatable bonds is 6. The molecule has 1 aliphatic rings. The lowest BCUT2D eigenvalue weighted by Gasteiger charge is -2.24. The number of pyridine rings is 1. The summed E-state index contributed by atoms with van der Waals surface area (Å²) >= 11 is 12.0. The molecule has 1 fully saturated rings. The van der Waals surface area contributed by atoms with Crippen molar-refractivity contribution in [3.05, 3.63) is 69.5 Å². The molecule has 1 saturated heterocycles. The molecule has 29 heavy (non-hydrogen) atoms. The van der Waals surface area contributed by atoms with E-state index in [2.05, 4.69) is 4.98 Å². The van der Waals surface area contributed by atoms with Crippen molar-refractivity contribution in [2.45, 2.75) is 26.0 Å². The van der Waals surface area contributed by atoms with Gasteiger partial charge in [0.05, 0.1) is 34.0 Å². The summed E-state index contributed by atoms with van der Waals surface area (Å²) in [6, 6.07) is 8.86. The van der Waals surface area contributed by atoms with Gasteiger partial charge in [0.2, 0.25) is 0 Å². The van der Waals surface area contributed by atoms with E-state index in [0.29, 0.717) is 10.7 Å². The third-order valence-corrected chi connectivity index (χ3v) is 5.22. The first-order chi connectivity index (χ1) is 13.8. The van der Waals surface area contributed by atoms with Crippen LogP contribution in [0.1, 0.15) is 31.1 Å². The predicted molar refractivity (Wildman–Crippen MR) is 111 cm³/mol. The topological polar surface area (TPSA) is 79.7 Å². The van der Waals surface area contributed by atoms with Crippen molar-refractivity contribution in [2.24, 2.45) is 0 Å². The number of carbonyl (C=O) groups is 2. The smallest absolute Gasteiger partial charge is 0.295 e. The lowest BCUT2D eigenvalue weighted by atomic mass is 9.98. The SMILES string of the molecule is CC(C)OCCN1C(=O)C(=O)/C(=C(\O)c2ccc(Cl)c(Cl)c2)C1c1ccccn1. The van der Waals surface area contributed by atoms with E-state index in [0.717, 1.165) is 0 Å². The zero-order chi connectivity index (χ0) is 21.1. The number of likely N-dealkylation sites (tertiary alicyclic amines) is 1. The molecule has 1 unspecified atom stereocenters. The van der Waals surface area contributed by atoms with E-state index in [1.54, 1.807) is 24.4 Å². The van der Waals surface area contributed by atoms with Gasteiger partial charge in [0.15, 0.2) is 0 Å². The highest BCUT2D eigenvalue weighted by molar-refractivity contribution is 6.46. The first kappa shape index (κ1) is 21.3. The zero-order valence-electron chi connectivity index (χ0n) is 15.9. The van der Waals surface area contributed by atoms with Crippen LogP contribution in [-0.4, -0.2) is 45.9 Å². The maximum absolute atomic E-state index is 12.8. The number of benzene rings is 1. The molecular formula is C21H20Cl2N2O4. The molecule has 0 radical (unpaired) electrons. The Morgan fingerprint density at radius 1 is 1.21 bits per heavy atom. The highest BCUT2D eigenvalue weighted by Gasteiger charge is 2.46. The summed E-state index contributed by atoms with van der Waals surface area (Å²) in [5, 5.41) is 11.4. The van der Waals surface area contributed by atoms with Crippen molar-refractivity contribution in [1.82, 2.24) is 9.88 Å². The van der Waals surface area contributed by atoms with Gasteiger partial charge in [-0.25, -0.2) is 0 Å². The molecule has 2 aromatic rings. The molecule has 3 rings (SSSR count). The van der Waals surface area contributed by atoms with Gasteiger partial charge in [-0.2, -0.15) is 0 Å². The lowest BCUT2D eigenvalue weighted by molar-refractivity contribution is -0.140. The number of aliphatic hydroxyl groups excluding tert-OH is 1. The van der Waals surface area contributed by atoms with Crippen molar-refractivity contribution in [3.8, 4) is 0 Å². The van der Waals surface area contributed by atoms with Gasteiger partial charge in [0.1, 0.15) is 11.8 Å². The van der Waals surface area contributed by atoms with E-state index < -0.39 is 17.7 Å². The fraction of sp³-hybridized carbons (Fsp3) is 0.286. The number of amides is 1. The predicted octanol–water partition coefficient (Wildman–Crippen LogP) is 4.24. The van der Waals surface area contributed by atoms with Crippen LogP contribution in [0.2, 0.25) is 10.0 Å². The molecule has 0 bridgehead atoms. The maximum Gasteiger partial charge on any atom is 0.295 e. The second-order valence-electron chi connectivity index (χ2n) is 6.80. The summed E-state index contributed by atoms with van der Waals surface area (Å²) in [6.07, 6.45) is 1.55. The highest BCUT2D eigenvalue weighted by Crippen LogP contribution is 2.39. The van der Waals surface area contributed by atoms with Crippen molar-refractivity contribution in [3.63, 3.8) is 0 Å². The Morgan fingerprint density at radius 2 is 1.97 bits per heavy atom. The van der Waals surface area contributed by atoms with Crippen LogP contribution >= 0.6 is 23.2 Å². The number of aromatic nitrogens is 1. The van der Waals surface area contributed by atoms with Crippen LogP contribution < -0.4 is 0 Å². The number of carbonyl (C=O) groups excluding carboxylic acids is 2. The van der Waals surface area contributed by atoms with E-state index in [1.807, 2.05) is 13.8 Å². The summed E-state index contributed by atoms with van der Waals surface area (Å²) in [5.41, 5.74) is 0.714. The third kappa shape index (κ3) is 4.45. The number of hydrogen-bond donors (Lipinski definition) is 1. The second-order valence-corrected chi connectivity index (χ2v) is 7.61. The normalized spacial score (nSPS) is 18.7. The first-order valence-corrected chi connectivity index (χ1v) is 9.83. The lowest BCUT2D eigenvalue weighted by Crippen LogP contribution is -2.33. The average molecular weight is 435 g/mol. The van der Waals surface area contributed by atoms with Crippen molar-refractivity contribution in [1.29, 1.82) is 0 Å². The average Bonchev–Trinajstić information content (AvgIpc) is 2.95. The Hall–Kier alpha value is -2.41. The molecule has 6 nitrogen and oxygen atoms in total. The zero-order valence-corrected chi connectivity index (χ0v) is 17.4. The van der Waals surface area contributed by atoms with Gasteiger partial charge in [-0.05, 0) is 44.2 Å². The minimum Gasteiger partial charge on any atom is -0.507 e. The van der Waals surface area contributed by atoms with Crippen molar-refractivity contribution >= 4 is 40.7 Å². The number of aliphatic hydroxyl groups is 1. The molecule has 1 aliphatic heterocycles. The number of Topliss-reactive ketones (excluding diaryl/α,β-unsaturated/α-hetero) is 1. The van der Waals surface area contributed by atoms with Crippen molar-refractivity contribution in [2.75, 3.05) is 13.2 Å². The third-order valence-electron chi connectivity index (χ3n) is 4.48. The Bertz CT molecular complexity index is 960. The highest BCUT2D eigenvalue weighted by atomic mass is 35.5. The van der Waals surface area contributed by atoms with Crippen LogP contribution in [0.3, 0.4) is 0 Å². The fourth-order valence-electron chi connectivity index (χ4n) is 3.14. The van der Waals surface area contributed by atoms with Gasteiger partial charge in [0.25, 0.3) is 11.7 Å². The largest absolute Gasteiger partial charge is 0.507 e. The molecule has 1 aromatic carbocycles. The standard InChI is InChI=1S/C21H20Cl2N2O4/c1-12(2)29-10-9-25-18(16-5-3-4-8-24-16)17(20(27)21(25)28)19(26)13-6-7-14(22)15(23)11-13/h3-8,11-12,18,26H,9-10H2,1-2H3/b19-17-. The summed E-state index contributed by atoms with van der Waals surface area (Å²) in [7, 11) is 0. The molecule has 0 saturated carbocycles. The Balaban J connectivity index is 2.09. The maximum atomic E-state index is 12.8. The number of halogens is 2. The minimum atomic E-state index is -0.832. The quantitative estimate of drug-likeness (QED) is 0.417. The van der Waals surface area contributed by atoms with E-state index in [-0.39, 0.29) is 41.2 Å². The molecule has 1 aromatic heterocycles. The second kappa shape index (κ2) is 8.95.